The number of rotatable bonds is 2. The van der Waals surface area contributed by atoms with Crippen LogP contribution in [0.4, 0.5) is 0 Å². The number of hydrogen-bond acceptors (Lipinski definition) is 1. The van der Waals surface area contributed by atoms with Gasteiger partial charge in [-0.2, -0.15) is 0 Å². The van der Waals surface area contributed by atoms with E-state index in [0.29, 0.717) is 0 Å². The van der Waals surface area contributed by atoms with Crippen molar-refractivity contribution in [3.05, 3.63) is 48.2 Å². The molecular formula is C16H21NO. The van der Waals surface area contributed by atoms with Gasteiger partial charge in [-0.25, -0.2) is 0 Å². The molecule has 1 aromatic rings. The fourth-order valence-electron chi connectivity index (χ4n) is 2.51. The highest BCUT2D eigenvalue weighted by atomic mass is 16.2. The standard InChI is InChI=1S/C16H21NO/c1-5-16(13-9-7-6-8-10-13)11-12-17(14(16)18)15(2,3)4/h6-12H,5H2,1-4H3. The van der Waals surface area contributed by atoms with Gasteiger partial charge in [0.05, 0.1) is 5.41 Å². The third-order valence-corrected chi connectivity index (χ3v) is 3.68. The van der Waals surface area contributed by atoms with Crippen molar-refractivity contribution in [1.29, 1.82) is 0 Å². The van der Waals surface area contributed by atoms with Crippen LogP contribution in [0.15, 0.2) is 42.6 Å². The maximum atomic E-state index is 12.8. The first-order valence-corrected chi connectivity index (χ1v) is 6.50. The number of carbonyl (C=O) groups is 1. The number of carbonyl (C=O) groups excluding carboxylic acids is 1. The van der Waals surface area contributed by atoms with E-state index in [9.17, 15) is 4.79 Å². The lowest BCUT2D eigenvalue weighted by Crippen LogP contribution is -2.46. The van der Waals surface area contributed by atoms with Gasteiger partial charge in [0.2, 0.25) is 5.91 Å². The smallest absolute Gasteiger partial charge is 0.241 e. The summed E-state index contributed by atoms with van der Waals surface area (Å²) in [5, 5.41) is 0. The Kier molecular flexibility index (Phi) is 3.05. The molecule has 2 rings (SSSR count). The van der Waals surface area contributed by atoms with Crippen LogP contribution in [-0.4, -0.2) is 16.3 Å². The van der Waals surface area contributed by atoms with Crippen LogP contribution in [0.25, 0.3) is 0 Å². The van der Waals surface area contributed by atoms with E-state index in [-0.39, 0.29) is 11.4 Å². The van der Waals surface area contributed by atoms with Crippen LogP contribution >= 0.6 is 0 Å². The van der Waals surface area contributed by atoms with Crippen LogP contribution in [0.2, 0.25) is 0 Å². The van der Waals surface area contributed by atoms with E-state index in [0.717, 1.165) is 12.0 Å². The number of benzene rings is 1. The van der Waals surface area contributed by atoms with E-state index in [1.807, 2.05) is 41.4 Å². The Balaban J connectivity index is 2.44. The zero-order valence-corrected chi connectivity index (χ0v) is 11.6. The zero-order chi connectivity index (χ0) is 13.4. The van der Waals surface area contributed by atoms with Crippen molar-refractivity contribution in [2.24, 2.45) is 0 Å². The van der Waals surface area contributed by atoms with Crippen LogP contribution in [0.3, 0.4) is 0 Å². The highest BCUT2D eigenvalue weighted by Crippen LogP contribution is 2.38. The van der Waals surface area contributed by atoms with Crippen molar-refractivity contribution in [2.75, 3.05) is 0 Å². The van der Waals surface area contributed by atoms with Gasteiger partial charge in [-0.3, -0.25) is 4.79 Å². The number of nitrogens with zero attached hydrogens (tertiary/aromatic N) is 1. The molecule has 1 aromatic carbocycles. The van der Waals surface area contributed by atoms with Gasteiger partial charge in [0.25, 0.3) is 0 Å². The summed E-state index contributed by atoms with van der Waals surface area (Å²) in [5.41, 5.74) is 0.439. The second-order valence-electron chi connectivity index (χ2n) is 5.85. The molecule has 0 saturated heterocycles. The Morgan fingerprint density at radius 2 is 1.78 bits per heavy atom. The van der Waals surface area contributed by atoms with Crippen LogP contribution in [0.5, 0.6) is 0 Å². The Labute approximate surface area is 109 Å². The molecule has 0 spiro atoms. The lowest BCUT2D eigenvalue weighted by Gasteiger charge is -2.34. The molecule has 1 atom stereocenters. The van der Waals surface area contributed by atoms with Crippen molar-refractivity contribution >= 4 is 5.91 Å². The van der Waals surface area contributed by atoms with Gasteiger partial charge in [0.15, 0.2) is 0 Å². The molecule has 0 N–H and O–H groups in total. The quantitative estimate of drug-likeness (QED) is 0.778. The Morgan fingerprint density at radius 3 is 2.22 bits per heavy atom. The average Bonchev–Trinajstić information content (AvgIpc) is 2.68. The zero-order valence-electron chi connectivity index (χ0n) is 11.6. The fourth-order valence-corrected chi connectivity index (χ4v) is 2.51. The monoisotopic (exact) mass is 243 g/mol. The summed E-state index contributed by atoms with van der Waals surface area (Å²) in [7, 11) is 0. The van der Waals surface area contributed by atoms with E-state index < -0.39 is 5.41 Å². The molecule has 1 heterocycles. The fraction of sp³-hybridized carbons (Fsp3) is 0.438. The third-order valence-electron chi connectivity index (χ3n) is 3.68. The summed E-state index contributed by atoms with van der Waals surface area (Å²) in [6, 6.07) is 10.1. The van der Waals surface area contributed by atoms with E-state index in [1.165, 1.54) is 0 Å². The van der Waals surface area contributed by atoms with Gasteiger partial charge < -0.3 is 4.90 Å². The van der Waals surface area contributed by atoms with Crippen molar-refractivity contribution in [1.82, 2.24) is 4.90 Å². The van der Waals surface area contributed by atoms with Gasteiger partial charge in [0, 0.05) is 11.7 Å². The molecule has 2 heteroatoms. The highest BCUT2D eigenvalue weighted by Gasteiger charge is 2.45. The maximum Gasteiger partial charge on any atom is 0.241 e. The molecule has 18 heavy (non-hydrogen) atoms. The summed E-state index contributed by atoms with van der Waals surface area (Å²) in [5.74, 6) is 0.184. The minimum Gasteiger partial charge on any atom is -0.313 e. The first-order valence-electron chi connectivity index (χ1n) is 6.50. The van der Waals surface area contributed by atoms with Crippen LogP contribution in [0.1, 0.15) is 39.7 Å². The minimum absolute atomic E-state index is 0.167. The van der Waals surface area contributed by atoms with E-state index in [4.69, 9.17) is 0 Å². The van der Waals surface area contributed by atoms with Gasteiger partial charge in [0.1, 0.15) is 0 Å². The molecule has 0 fully saturated rings. The molecule has 1 aliphatic rings. The third kappa shape index (κ3) is 1.86. The van der Waals surface area contributed by atoms with E-state index in [2.05, 4.69) is 33.8 Å². The Bertz CT molecular complexity index is 470. The highest BCUT2D eigenvalue weighted by molar-refractivity contribution is 5.94. The SMILES string of the molecule is CCC1(c2ccccc2)C=CN(C(C)(C)C)C1=O. The molecular weight excluding hydrogens is 222 g/mol. The van der Waals surface area contributed by atoms with Crippen LogP contribution in [0, 0.1) is 0 Å². The largest absolute Gasteiger partial charge is 0.313 e. The summed E-state index contributed by atoms with van der Waals surface area (Å²) in [6.45, 7) is 8.26. The van der Waals surface area contributed by atoms with Gasteiger partial charge in [-0.1, -0.05) is 37.3 Å². The molecule has 2 nitrogen and oxygen atoms in total. The number of amides is 1. The van der Waals surface area contributed by atoms with Gasteiger partial charge in [-0.05, 0) is 38.8 Å². The summed E-state index contributed by atoms with van der Waals surface area (Å²) in [6.07, 6.45) is 4.79. The lowest BCUT2D eigenvalue weighted by atomic mass is 9.78. The summed E-state index contributed by atoms with van der Waals surface area (Å²) in [4.78, 5) is 14.6. The predicted octanol–water partition coefficient (Wildman–Crippen LogP) is 3.49. The van der Waals surface area contributed by atoms with Crippen molar-refractivity contribution in [3.8, 4) is 0 Å². The molecule has 0 saturated carbocycles. The molecule has 0 aromatic heterocycles. The van der Waals surface area contributed by atoms with Crippen LogP contribution < -0.4 is 0 Å². The maximum absolute atomic E-state index is 12.8. The number of hydrogen-bond donors (Lipinski definition) is 0. The average molecular weight is 243 g/mol. The normalized spacial score (nSPS) is 23.8. The molecule has 1 amide bonds. The Morgan fingerprint density at radius 1 is 1.17 bits per heavy atom. The topological polar surface area (TPSA) is 20.3 Å². The van der Waals surface area contributed by atoms with Crippen molar-refractivity contribution < 1.29 is 4.79 Å². The first-order chi connectivity index (χ1) is 8.42. The first kappa shape index (κ1) is 12.9. The minimum atomic E-state index is -0.478. The summed E-state index contributed by atoms with van der Waals surface area (Å²) < 4.78 is 0. The second kappa shape index (κ2) is 4.27. The Hall–Kier alpha value is -1.57. The van der Waals surface area contributed by atoms with E-state index in [1.54, 1.807) is 0 Å². The van der Waals surface area contributed by atoms with Crippen molar-refractivity contribution in [3.63, 3.8) is 0 Å². The molecule has 1 aliphatic heterocycles. The molecule has 96 valence electrons. The molecule has 0 bridgehead atoms. The molecule has 0 aliphatic carbocycles. The molecule has 0 radical (unpaired) electrons. The second-order valence-corrected chi connectivity index (χ2v) is 5.85. The molecule has 1 unspecified atom stereocenters. The van der Waals surface area contributed by atoms with Gasteiger partial charge in [-0.15, -0.1) is 0 Å². The van der Waals surface area contributed by atoms with Crippen molar-refractivity contribution in [2.45, 2.75) is 45.1 Å². The predicted molar refractivity (Wildman–Crippen MR) is 74.2 cm³/mol. The van der Waals surface area contributed by atoms with Crippen LogP contribution in [-0.2, 0) is 10.2 Å². The summed E-state index contributed by atoms with van der Waals surface area (Å²) >= 11 is 0. The lowest BCUT2D eigenvalue weighted by molar-refractivity contribution is -0.135. The van der Waals surface area contributed by atoms with E-state index >= 15 is 0 Å². The van der Waals surface area contributed by atoms with Gasteiger partial charge >= 0.3 is 0 Å².